The third kappa shape index (κ3) is 5.02. The summed E-state index contributed by atoms with van der Waals surface area (Å²) >= 11 is 0. The van der Waals surface area contributed by atoms with Gasteiger partial charge in [0, 0.05) is 0 Å². The van der Waals surface area contributed by atoms with Crippen molar-refractivity contribution < 1.29 is 19.4 Å². The van der Waals surface area contributed by atoms with Crippen molar-refractivity contribution in [2.75, 3.05) is 19.8 Å². The summed E-state index contributed by atoms with van der Waals surface area (Å²) in [6, 6.07) is 9.25. The van der Waals surface area contributed by atoms with Crippen molar-refractivity contribution >= 4 is 5.97 Å². The van der Waals surface area contributed by atoms with E-state index >= 15 is 0 Å². The molecule has 0 aromatic heterocycles. The quantitative estimate of drug-likeness (QED) is 0.711. The zero-order valence-electron chi connectivity index (χ0n) is 8.39. The van der Waals surface area contributed by atoms with Gasteiger partial charge >= 0.3 is 5.97 Å². The van der Waals surface area contributed by atoms with Crippen LogP contribution in [0, 0.1) is 0 Å². The molecule has 0 aliphatic carbocycles. The van der Waals surface area contributed by atoms with Crippen LogP contribution in [-0.4, -0.2) is 30.9 Å². The highest BCUT2D eigenvalue weighted by atomic mass is 16.5. The van der Waals surface area contributed by atoms with E-state index in [0.717, 1.165) is 5.75 Å². The number of aliphatic hydroxyl groups excluding tert-OH is 1. The maximum atomic E-state index is 11.0. The van der Waals surface area contributed by atoms with Crippen molar-refractivity contribution in [1.82, 2.24) is 0 Å². The van der Waals surface area contributed by atoms with Gasteiger partial charge < -0.3 is 14.6 Å². The number of rotatable bonds is 6. The van der Waals surface area contributed by atoms with Crippen molar-refractivity contribution in [3.63, 3.8) is 0 Å². The van der Waals surface area contributed by atoms with E-state index in [9.17, 15) is 4.79 Å². The van der Waals surface area contributed by atoms with Crippen LogP contribution in [0.1, 0.15) is 6.42 Å². The second-order valence-electron chi connectivity index (χ2n) is 2.86. The lowest BCUT2D eigenvalue weighted by molar-refractivity contribution is -0.145. The second-order valence-corrected chi connectivity index (χ2v) is 2.86. The van der Waals surface area contributed by atoms with Gasteiger partial charge in [0.25, 0.3) is 0 Å². The monoisotopic (exact) mass is 210 g/mol. The zero-order chi connectivity index (χ0) is 10.9. The number of carbonyl (C=O) groups excluding carboxylic acids is 1. The molecule has 0 heterocycles. The predicted molar refractivity (Wildman–Crippen MR) is 54.6 cm³/mol. The highest BCUT2D eigenvalue weighted by Gasteiger charge is 2.02. The Morgan fingerprint density at radius 1 is 1.20 bits per heavy atom. The molecular weight excluding hydrogens is 196 g/mol. The minimum atomic E-state index is -0.361. The molecule has 82 valence electrons. The molecule has 15 heavy (non-hydrogen) atoms. The zero-order valence-corrected chi connectivity index (χ0v) is 8.39. The van der Waals surface area contributed by atoms with Crippen LogP contribution in [-0.2, 0) is 9.53 Å². The fraction of sp³-hybridized carbons (Fsp3) is 0.364. The summed E-state index contributed by atoms with van der Waals surface area (Å²) in [5, 5.41) is 8.41. The first-order valence-electron chi connectivity index (χ1n) is 4.77. The van der Waals surface area contributed by atoms with E-state index in [2.05, 4.69) is 4.74 Å². The lowest BCUT2D eigenvalue weighted by Gasteiger charge is -2.05. The third-order valence-corrected chi connectivity index (χ3v) is 1.67. The van der Waals surface area contributed by atoms with Gasteiger partial charge in [-0.1, -0.05) is 18.2 Å². The summed E-state index contributed by atoms with van der Waals surface area (Å²) in [6.07, 6.45) is 0.189. The molecule has 0 unspecified atom stereocenters. The van der Waals surface area contributed by atoms with Gasteiger partial charge in [-0.05, 0) is 12.1 Å². The lowest BCUT2D eigenvalue weighted by atomic mass is 10.3. The van der Waals surface area contributed by atoms with E-state index in [1.807, 2.05) is 30.3 Å². The molecule has 0 aliphatic heterocycles. The van der Waals surface area contributed by atoms with Gasteiger partial charge in [0.2, 0.25) is 0 Å². The van der Waals surface area contributed by atoms with Crippen LogP contribution in [0.4, 0.5) is 0 Å². The molecule has 0 radical (unpaired) electrons. The maximum Gasteiger partial charge on any atom is 0.309 e. The van der Waals surface area contributed by atoms with Crippen LogP contribution in [0.3, 0.4) is 0 Å². The molecule has 0 aliphatic rings. The molecule has 0 amide bonds. The second kappa shape index (κ2) is 6.84. The largest absolute Gasteiger partial charge is 0.493 e. The number of ether oxygens (including phenoxy) is 2. The van der Waals surface area contributed by atoms with Crippen molar-refractivity contribution in [1.29, 1.82) is 0 Å². The molecular formula is C11H14O4. The van der Waals surface area contributed by atoms with E-state index in [-0.39, 0.29) is 32.2 Å². The Hall–Kier alpha value is -1.55. The van der Waals surface area contributed by atoms with E-state index in [0.29, 0.717) is 0 Å². The van der Waals surface area contributed by atoms with E-state index in [4.69, 9.17) is 9.84 Å². The molecule has 1 aromatic carbocycles. The molecule has 0 fully saturated rings. The molecule has 1 aromatic rings. The number of carbonyl (C=O) groups is 1. The number of aliphatic hydroxyl groups is 1. The molecule has 0 bridgehead atoms. The predicted octanol–water partition coefficient (Wildman–Crippen LogP) is 0.991. The first-order valence-corrected chi connectivity index (χ1v) is 4.77. The number of esters is 1. The topological polar surface area (TPSA) is 55.8 Å². The Morgan fingerprint density at radius 2 is 1.93 bits per heavy atom. The van der Waals surface area contributed by atoms with E-state index in [1.165, 1.54) is 0 Å². The summed E-state index contributed by atoms with van der Waals surface area (Å²) < 4.78 is 9.95. The van der Waals surface area contributed by atoms with Crippen molar-refractivity contribution in [2.24, 2.45) is 0 Å². The van der Waals surface area contributed by atoms with Gasteiger partial charge in [-0.15, -0.1) is 0 Å². The average Bonchev–Trinajstić information content (AvgIpc) is 2.28. The summed E-state index contributed by atoms with van der Waals surface area (Å²) in [5.74, 6) is 0.368. The van der Waals surface area contributed by atoms with Gasteiger partial charge in [-0.3, -0.25) is 4.79 Å². The number of hydrogen-bond acceptors (Lipinski definition) is 4. The normalized spacial score (nSPS) is 9.67. The number of para-hydroxylation sites is 1. The average molecular weight is 210 g/mol. The molecule has 4 nitrogen and oxygen atoms in total. The Bertz CT molecular complexity index is 284. The Labute approximate surface area is 88.4 Å². The Balaban J connectivity index is 2.14. The lowest BCUT2D eigenvalue weighted by Crippen LogP contribution is -2.12. The molecule has 0 atom stereocenters. The van der Waals surface area contributed by atoms with Gasteiger partial charge in [0.15, 0.2) is 0 Å². The molecule has 1 N–H and O–H groups in total. The molecule has 0 saturated carbocycles. The van der Waals surface area contributed by atoms with Crippen LogP contribution in [0.2, 0.25) is 0 Å². The summed E-state index contributed by atoms with van der Waals surface area (Å²) in [5.41, 5.74) is 0. The van der Waals surface area contributed by atoms with Gasteiger partial charge in [-0.25, -0.2) is 0 Å². The van der Waals surface area contributed by atoms with Crippen LogP contribution < -0.4 is 4.74 Å². The van der Waals surface area contributed by atoms with Crippen LogP contribution in [0.25, 0.3) is 0 Å². The molecule has 0 saturated heterocycles. The van der Waals surface area contributed by atoms with Crippen molar-refractivity contribution in [3.8, 4) is 5.75 Å². The van der Waals surface area contributed by atoms with Crippen LogP contribution in [0.15, 0.2) is 30.3 Å². The Morgan fingerprint density at radius 3 is 2.60 bits per heavy atom. The highest BCUT2D eigenvalue weighted by Crippen LogP contribution is 2.08. The summed E-state index contributed by atoms with van der Waals surface area (Å²) in [6.45, 7) is 0.184. The fourth-order valence-electron chi connectivity index (χ4n) is 1.00. The van der Waals surface area contributed by atoms with Crippen molar-refractivity contribution in [3.05, 3.63) is 30.3 Å². The van der Waals surface area contributed by atoms with E-state index in [1.54, 1.807) is 0 Å². The maximum absolute atomic E-state index is 11.0. The number of hydrogen-bond donors (Lipinski definition) is 1. The van der Waals surface area contributed by atoms with Gasteiger partial charge in [0.1, 0.15) is 12.4 Å². The van der Waals surface area contributed by atoms with Gasteiger partial charge in [0.05, 0.1) is 19.6 Å². The summed E-state index contributed by atoms with van der Waals surface area (Å²) in [4.78, 5) is 11.0. The summed E-state index contributed by atoms with van der Waals surface area (Å²) in [7, 11) is 0. The smallest absolute Gasteiger partial charge is 0.309 e. The van der Waals surface area contributed by atoms with Gasteiger partial charge in [-0.2, -0.15) is 0 Å². The fourth-order valence-corrected chi connectivity index (χ4v) is 1.00. The van der Waals surface area contributed by atoms with Crippen molar-refractivity contribution in [2.45, 2.75) is 6.42 Å². The minimum absolute atomic E-state index is 0.0458. The van der Waals surface area contributed by atoms with E-state index < -0.39 is 0 Å². The Kier molecular flexibility index (Phi) is 5.25. The first-order chi connectivity index (χ1) is 7.33. The third-order valence-electron chi connectivity index (χ3n) is 1.67. The van der Waals surface area contributed by atoms with Crippen LogP contribution >= 0.6 is 0 Å². The highest BCUT2D eigenvalue weighted by molar-refractivity contribution is 5.69. The molecule has 1 rings (SSSR count). The molecule has 0 spiro atoms. The first kappa shape index (κ1) is 11.5. The van der Waals surface area contributed by atoms with Crippen LogP contribution in [0.5, 0.6) is 5.75 Å². The molecule has 4 heteroatoms. The SMILES string of the molecule is O=C(CCOc1ccccc1)OCCO. The number of benzene rings is 1. The minimum Gasteiger partial charge on any atom is -0.493 e. The standard InChI is InChI=1S/C11H14O4/c12-7-9-15-11(13)6-8-14-10-4-2-1-3-5-10/h1-5,12H,6-9H2.